The lowest BCUT2D eigenvalue weighted by atomic mass is 10.6. The lowest BCUT2D eigenvalue weighted by Gasteiger charge is -2.09. The summed E-state index contributed by atoms with van der Waals surface area (Å²) in [5.74, 6) is 0.443. The van der Waals surface area contributed by atoms with E-state index in [0.29, 0.717) is 19.1 Å². The topological polar surface area (TPSA) is 38.7 Å². The summed E-state index contributed by atoms with van der Waals surface area (Å²) >= 11 is 5.31. The molecule has 10 heavy (non-hydrogen) atoms. The first-order chi connectivity index (χ1) is 4.81. The van der Waals surface area contributed by atoms with Crippen molar-refractivity contribution < 1.29 is 14.6 Å². The van der Waals surface area contributed by atoms with Gasteiger partial charge in [0.1, 0.15) is 0 Å². The van der Waals surface area contributed by atoms with Crippen molar-refractivity contribution in [3.8, 4) is 0 Å². The Balaban J connectivity index is 2.97. The second-order valence-corrected chi connectivity index (χ2v) is 2.05. The van der Waals surface area contributed by atoms with Gasteiger partial charge in [0, 0.05) is 12.5 Å². The van der Waals surface area contributed by atoms with Crippen molar-refractivity contribution in [2.75, 3.05) is 25.7 Å². The van der Waals surface area contributed by atoms with Gasteiger partial charge in [0.15, 0.2) is 6.29 Å². The molecule has 1 unspecified atom stereocenters. The third-order valence-electron chi connectivity index (χ3n) is 0.841. The Bertz CT molecular complexity index is 70.0. The highest BCUT2D eigenvalue weighted by atomic mass is 35.5. The van der Waals surface area contributed by atoms with Crippen LogP contribution in [0.25, 0.3) is 0 Å². The van der Waals surface area contributed by atoms with Crippen LogP contribution in [-0.2, 0) is 9.47 Å². The lowest BCUT2D eigenvalue weighted by Crippen LogP contribution is -2.19. The van der Waals surface area contributed by atoms with Crippen LogP contribution < -0.4 is 0 Å². The fraction of sp³-hybridized carbons (Fsp3) is 1.00. The zero-order valence-electron chi connectivity index (χ0n) is 6.05. The summed E-state index contributed by atoms with van der Waals surface area (Å²) in [7, 11) is 0. The molecule has 1 atom stereocenters. The van der Waals surface area contributed by atoms with Gasteiger partial charge in [0.25, 0.3) is 0 Å². The Hall–Kier alpha value is 0.170. The molecule has 0 aliphatic heterocycles. The number of hydrogen-bond donors (Lipinski definition) is 1. The molecule has 3 nitrogen and oxygen atoms in total. The summed E-state index contributed by atoms with van der Waals surface area (Å²) in [5, 5.41) is 8.89. The first-order valence-electron chi connectivity index (χ1n) is 3.24. The van der Waals surface area contributed by atoms with Crippen LogP contribution in [0.4, 0.5) is 0 Å². The van der Waals surface area contributed by atoms with Crippen molar-refractivity contribution in [3.05, 3.63) is 0 Å². The molecule has 1 N–H and O–H groups in total. The van der Waals surface area contributed by atoms with E-state index in [1.807, 2.05) is 6.92 Å². The van der Waals surface area contributed by atoms with Gasteiger partial charge in [-0.2, -0.15) is 0 Å². The number of aliphatic hydroxyl groups excluding tert-OH is 1. The smallest absolute Gasteiger partial charge is 0.178 e. The van der Waals surface area contributed by atoms with E-state index in [1.165, 1.54) is 0 Å². The Labute approximate surface area is 65.9 Å². The summed E-state index contributed by atoms with van der Waals surface area (Å²) in [6.45, 7) is 2.95. The molecule has 0 aromatic rings. The van der Waals surface area contributed by atoms with Gasteiger partial charge >= 0.3 is 0 Å². The molecule has 0 aliphatic carbocycles. The monoisotopic (exact) mass is 168 g/mol. The van der Waals surface area contributed by atoms with Gasteiger partial charge in [-0.15, -0.1) is 11.6 Å². The molecule has 0 aromatic heterocycles. The third kappa shape index (κ3) is 6.29. The zero-order chi connectivity index (χ0) is 7.82. The van der Waals surface area contributed by atoms with Gasteiger partial charge in [-0.25, -0.2) is 0 Å². The van der Waals surface area contributed by atoms with Crippen molar-refractivity contribution in [3.63, 3.8) is 0 Å². The van der Waals surface area contributed by atoms with Crippen molar-refractivity contribution in [2.45, 2.75) is 13.2 Å². The molecular weight excluding hydrogens is 156 g/mol. The molecule has 0 aromatic carbocycles. The van der Waals surface area contributed by atoms with E-state index in [0.717, 1.165) is 0 Å². The molecular formula is C6H13ClO3. The van der Waals surface area contributed by atoms with E-state index in [2.05, 4.69) is 0 Å². The Morgan fingerprint density at radius 2 is 2.30 bits per heavy atom. The summed E-state index contributed by atoms with van der Waals surface area (Å²) in [4.78, 5) is 0. The molecule has 0 saturated heterocycles. The highest BCUT2D eigenvalue weighted by Gasteiger charge is 2.00. The highest BCUT2D eigenvalue weighted by molar-refractivity contribution is 6.17. The number of hydrogen-bond acceptors (Lipinski definition) is 3. The van der Waals surface area contributed by atoms with Crippen LogP contribution in [0, 0.1) is 0 Å². The Kier molecular flexibility index (Phi) is 7.40. The lowest BCUT2D eigenvalue weighted by molar-refractivity contribution is -0.132. The zero-order valence-corrected chi connectivity index (χ0v) is 6.80. The number of aliphatic hydroxyl groups is 1. The SMILES string of the molecule is CCOC(O)COCCCl. The minimum Gasteiger partial charge on any atom is -0.375 e. The summed E-state index contributed by atoms with van der Waals surface area (Å²) in [5.41, 5.74) is 0. The van der Waals surface area contributed by atoms with E-state index in [-0.39, 0.29) is 6.61 Å². The van der Waals surface area contributed by atoms with Crippen LogP contribution in [0.3, 0.4) is 0 Å². The number of alkyl halides is 1. The summed E-state index contributed by atoms with van der Waals surface area (Å²) in [6, 6.07) is 0. The largest absolute Gasteiger partial charge is 0.375 e. The fourth-order valence-corrected chi connectivity index (χ4v) is 0.588. The van der Waals surface area contributed by atoms with Crippen LogP contribution in [0.15, 0.2) is 0 Å². The first-order valence-corrected chi connectivity index (χ1v) is 3.78. The van der Waals surface area contributed by atoms with E-state index in [1.54, 1.807) is 0 Å². The van der Waals surface area contributed by atoms with Gasteiger partial charge in [0.2, 0.25) is 0 Å². The third-order valence-corrected chi connectivity index (χ3v) is 0.995. The Morgan fingerprint density at radius 3 is 2.80 bits per heavy atom. The maximum atomic E-state index is 8.89. The van der Waals surface area contributed by atoms with Crippen LogP contribution in [-0.4, -0.2) is 37.1 Å². The molecule has 0 saturated carbocycles. The fourth-order valence-electron chi connectivity index (χ4n) is 0.479. The second kappa shape index (κ2) is 7.28. The molecule has 0 aliphatic rings. The molecule has 0 rings (SSSR count). The predicted octanol–water partition coefficient (Wildman–Crippen LogP) is 0.597. The second-order valence-electron chi connectivity index (χ2n) is 1.67. The first kappa shape index (κ1) is 10.2. The van der Waals surface area contributed by atoms with E-state index >= 15 is 0 Å². The minimum absolute atomic E-state index is 0.195. The number of halogens is 1. The van der Waals surface area contributed by atoms with Crippen molar-refractivity contribution in [1.82, 2.24) is 0 Å². The molecule has 0 bridgehead atoms. The minimum atomic E-state index is -0.812. The summed E-state index contributed by atoms with van der Waals surface area (Å²) in [6.07, 6.45) is -0.812. The maximum Gasteiger partial charge on any atom is 0.178 e. The standard InChI is InChI=1S/C6H13ClO3/c1-2-10-6(8)5-9-4-3-7/h6,8H,2-5H2,1H3. The molecule has 4 heteroatoms. The van der Waals surface area contributed by atoms with Crippen molar-refractivity contribution in [1.29, 1.82) is 0 Å². The normalized spacial score (nSPS) is 13.5. The maximum absolute atomic E-state index is 8.89. The van der Waals surface area contributed by atoms with Crippen LogP contribution in [0.5, 0.6) is 0 Å². The molecule has 0 amide bonds. The van der Waals surface area contributed by atoms with E-state index in [9.17, 15) is 0 Å². The molecule has 0 fully saturated rings. The van der Waals surface area contributed by atoms with Gasteiger partial charge in [0.05, 0.1) is 13.2 Å². The number of rotatable bonds is 6. The van der Waals surface area contributed by atoms with E-state index < -0.39 is 6.29 Å². The number of ether oxygens (including phenoxy) is 2. The summed E-state index contributed by atoms with van der Waals surface area (Å²) < 4.78 is 9.67. The molecule has 62 valence electrons. The van der Waals surface area contributed by atoms with Crippen LogP contribution >= 0.6 is 11.6 Å². The quantitative estimate of drug-likeness (QED) is 0.359. The molecule has 0 radical (unpaired) electrons. The van der Waals surface area contributed by atoms with Crippen LogP contribution in [0.2, 0.25) is 0 Å². The van der Waals surface area contributed by atoms with E-state index in [4.69, 9.17) is 26.2 Å². The van der Waals surface area contributed by atoms with Gasteiger partial charge < -0.3 is 14.6 Å². The predicted molar refractivity (Wildman–Crippen MR) is 39.2 cm³/mol. The molecule has 0 spiro atoms. The van der Waals surface area contributed by atoms with Gasteiger partial charge in [-0.1, -0.05) is 0 Å². The molecule has 0 heterocycles. The Morgan fingerprint density at radius 1 is 1.60 bits per heavy atom. The van der Waals surface area contributed by atoms with Gasteiger partial charge in [-0.3, -0.25) is 0 Å². The highest BCUT2D eigenvalue weighted by Crippen LogP contribution is 1.88. The average molecular weight is 169 g/mol. The average Bonchev–Trinajstić information content (AvgIpc) is 1.89. The van der Waals surface area contributed by atoms with Gasteiger partial charge in [-0.05, 0) is 6.92 Å². The van der Waals surface area contributed by atoms with Crippen molar-refractivity contribution >= 4 is 11.6 Å². The van der Waals surface area contributed by atoms with Crippen LogP contribution in [0.1, 0.15) is 6.92 Å². The van der Waals surface area contributed by atoms with Crippen molar-refractivity contribution in [2.24, 2.45) is 0 Å².